The van der Waals surface area contributed by atoms with Crippen molar-refractivity contribution in [3.8, 4) is 11.1 Å². The third-order valence-electron chi connectivity index (χ3n) is 3.31. The molecule has 0 spiro atoms. The Balaban J connectivity index is 2.34. The zero-order valence-electron chi connectivity index (χ0n) is 10.5. The first kappa shape index (κ1) is 13.1. The fourth-order valence-corrected chi connectivity index (χ4v) is 4.53. The van der Waals surface area contributed by atoms with E-state index in [9.17, 15) is 5.11 Å². The molecule has 0 aliphatic heterocycles. The van der Waals surface area contributed by atoms with Gasteiger partial charge in [0.15, 0.2) is 0 Å². The molecule has 0 aliphatic carbocycles. The first-order chi connectivity index (χ1) is 9.20. The van der Waals surface area contributed by atoms with E-state index in [1.807, 2.05) is 6.07 Å². The van der Waals surface area contributed by atoms with Gasteiger partial charge in [0.25, 0.3) is 0 Å². The van der Waals surface area contributed by atoms with E-state index in [0.717, 1.165) is 5.56 Å². The van der Waals surface area contributed by atoms with E-state index in [1.165, 1.54) is 29.7 Å². The molecule has 0 saturated carbocycles. The van der Waals surface area contributed by atoms with Gasteiger partial charge in [-0.1, -0.05) is 30.3 Å². The molecular weight excluding hydrogens is 367 g/mol. The first-order valence-electron chi connectivity index (χ1n) is 6.08. The molecule has 0 aliphatic rings. The van der Waals surface area contributed by atoms with Crippen LogP contribution in [0.2, 0.25) is 0 Å². The molecule has 0 saturated heterocycles. The predicted octanol–water partition coefficient (Wildman–Crippen LogP) is 4.97. The van der Waals surface area contributed by atoms with Crippen molar-refractivity contribution in [2.75, 3.05) is 0 Å². The summed E-state index contributed by atoms with van der Waals surface area (Å²) in [6.07, 6.45) is 0. The van der Waals surface area contributed by atoms with Crippen molar-refractivity contribution in [1.29, 1.82) is 0 Å². The van der Waals surface area contributed by atoms with Gasteiger partial charge in [-0.15, -0.1) is 11.3 Å². The van der Waals surface area contributed by atoms with Gasteiger partial charge in [-0.3, -0.25) is 0 Å². The van der Waals surface area contributed by atoms with Gasteiger partial charge < -0.3 is 5.11 Å². The summed E-state index contributed by atoms with van der Waals surface area (Å²) >= 11 is 4.22. The van der Waals surface area contributed by atoms with Crippen LogP contribution in [0.5, 0.6) is 0 Å². The maximum absolute atomic E-state index is 9.32. The molecule has 1 N–H and O–H groups in total. The molecule has 19 heavy (non-hydrogen) atoms. The summed E-state index contributed by atoms with van der Waals surface area (Å²) < 4.78 is 2.58. The van der Waals surface area contributed by atoms with E-state index >= 15 is 0 Å². The molecule has 3 heteroatoms. The van der Waals surface area contributed by atoms with Crippen LogP contribution in [0.4, 0.5) is 0 Å². The van der Waals surface area contributed by atoms with Crippen molar-refractivity contribution in [3.63, 3.8) is 0 Å². The largest absolute Gasteiger partial charge is 0.392 e. The second-order valence-corrected chi connectivity index (χ2v) is 7.42. The lowest BCUT2D eigenvalue weighted by Crippen LogP contribution is -1.85. The Labute approximate surface area is 130 Å². The van der Waals surface area contributed by atoms with Crippen LogP contribution in [0.3, 0.4) is 0 Å². The topological polar surface area (TPSA) is 20.2 Å². The van der Waals surface area contributed by atoms with Gasteiger partial charge in [0.05, 0.1) is 9.49 Å². The monoisotopic (exact) mass is 380 g/mol. The number of benzene rings is 2. The summed E-state index contributed by atoms with van der Waals surface area (Å²) in [5.74, 6) is 0. The number of halogens is 1. The molecule has 3 aromatic rings. The minimum Gasteiger partial charge on any atom is -0.392 e. The Morgan fingerprint density at radius 3 is 2.68 bits per heavy atom. The Kier molecular flexibility index (Phi) is 3.60. The standard InChI is InChI=1S/C16H13IOS/c1-10-4-2-3-5-12(10)15-13-8-11(9-18)6-7-14(13)19-16(15)17/h2-8,18H,9H2,1H3. The summed E-state index contributed by atoms with van der Waals surface area (Å²) in [4.78, 5) is 0. The van der Waals surface area contributed by atoms with Crippen LogP contribution in [0.25, 0.3) is 21.2 Å². The SMILES string of the molecule is Cc1ccccc1-c1c(I)sc2ccc(CO)cc12. The molecule has 0 bridgehead atoms. The molecule has 0 radical (unpaired) electrons. The normalized spacial score (nSPS) is 11.1. The van der Waals surface area contributed by atoms with Crippen LogP contribution >= 0.6 is 33.9 Å². The van der Waals surface area contributed by atoms with Crippen LogP contribution in [0, 0.1) is 9.81 Å². The highest BCUT2D eigenvalue weighted by atomic mass is 127. The van der Waals surface area contributed by atoms with Crippen LogP contribution in [0.1, 0.15) is 11.1 Å². The van der Waals surface area contributed by atoms with Crippen LogP contribution in [-0.4, -0.2) is 5.11 Å². The minimum absolute atomic E-state index is 0.0928. The first-order valence-corrected chi connectivity index (χ1v) is 7.98. The number of thiophene rings is 1. The summed E-state index contributed by atoms with van der Waals surface area (Å²) in [6, 6.07) is 14.7. The van der Waals surface area contributed by atoms with Crippen molar-refractivity contribution >= 4 is 44.0 Å². The maximum atomic E-state index is 9.32. The van der Waals surface area contributed by atoms with Gasteiger partial charge >= 0.3 is 0 Å². The quantitative estimate of drug-likeness (QED) is 0.623. The van der Waals surface area contributed by atoms with Gasteiger partial charge in [0, 0.05) is 15.6 Å². The van der Waals surface area contributed by atoms with E-state index in [2.05, 4.69) is 65.9 Å². The molecule has 1 nitrogen and oxygen atoms in total. The fourth-order valence-electron chi connectivity index (χ4n) is 2.32. The summed E-state index contributed by atoms with van der Waals surface area (Å²) in [7, 11) is 0. The molecule has 96 valence electrons. The predicted molar refractivity (Wildman–Crippen MR) is 90.6 cm³/mol. The smallest absolute Gasteiger partial charge is 0.0744 e. The minimum atomic E-state index is 0.0928. The number of hydrogen-bond acceptors (Lipinski definition) is 2. The Morgan fingerprint density at radius 2 is 1.95 bits per heavy atom. The fraction of sp³-hybridized carbons (Fsp3) is 0.125. The number of aliphatic hydroxyl groups is 1. The highest BCUT2D eigenvalue weighted by Crippen LogP contribution is 2.41. The van der Waals surface area contributed by atoms with Crippen molar-refractivity contribution in [2.45, 2.75) is 13.5 Å². The lowest BCUT2D eigenvalue weighted by atomic mass is 9.99. The molecule has 0 amide bonds. The number of rotatable bonds is 2. The lowest BCUT2D eigenvalue weighted by Gasteiger charge is -2.06. The van der Waals surface area contributed by atoms with Crippen LogP contribution in [0.15, 0.2) is 42.5 Å². The molecular formula is C16H13IOS. The Morgan fingerprint density at radius 1 is 1.16 bits per heavy atom. The summed E-state index contributed by atoms with van der Waals surface area (Å²) in [6.45, 7) is 2.24. The molecule has 1 heterocycles. The second kappa shape index (κ2) is 5.23. The van der Waals surface area contributed by atoms with E-state index in [-0.39, 0.29) is 6.61 Å². The summed E-state index contributed by atoms with van der Waals surface area (Å²) in [5.41, 5.74) is 4.84. The number of fused-ring (bicyclic) bond motifs is 1. The van der Waals surface area contributed by atoms with Gasteiger partial charge in [-0.2, -0.15) is 0 Å². The third kappa shape index (κ3) is 2.30. The number of aliphatic hydroxyl groups excluding tert-OH is 1. The average Bonchev–Trinajstić information content (AvgIpc) is 2.74. The Hall–Kier alpha value is -0.910. The van der Waals surface area contributed by atoms with Gasteiger partial charge in [0.1, 0.15) is 0 Å². The van der Waals surface area contributed by atoms with Crippen molar-refractivity contribution in [2.24, 2.45) is 0 Å². The number of aryl methyl sites for hydroxylation is 1. The molecule has 3 rings (SSSR count). The molecule has 0 unspecified atom stereocenters. The second-order valence-electron chi connectivity index (χ2n) is 4.55. The van der Waals surface area contributed by atoms with Gasteiger partial charge in [0.2, 0.25) is 0 Å². The highest BCUT2D eigenvalue weighted by Gasteiger charge is 2.14. The van der Waals surface area contributed by atoms with Crippen molar-refractivity contribution in [3.05, 3.63) is 56.5 Å². The maximum Gasteiger partial charge on any atom is 0.0744 e. The highest BCUT2D eigenvalue weighted by molar-refractivity contribution is 14.1. The van der Waals surface area contributed by atoms with E-state index in [1.54, 1.807) is 11.3 Å². The van der Waals surface area contributed by atoms with Crippen LogP contribution in [-0.2, 0) is 6.61 Å². The molecule has 0 atom stereocenters. The molecule has 1 aromatic heterocycles. The van der Waals surface area contributed by atoms with E-state index in [4.69, 9.17) is 0 Å². The summed E-state index contributed by atoms with van der Waals surface area (Å²) in [5, 5.41) is 10.6. The zero-order valence-corrected chi connectivity index (χ0v) is 13.5. The van der Waals surface area contributed by atoms with Crippen molar-refractivity contribution < 1.29 is 5.11 Å². The van der Waals surface area contributed by atoms with Gasteiger partial charge in [-0.25, -0.2) is 0 Å². The van der Waals surface area contributed by atoms with E-state index < -0.39 is 0 Å². The Bertz CT molecular complexity index is 746. The van der Waals surface area contributed by atoms with Crippen LogP contribution < -0.4 is 0 Å². The number of hydrogen-bond donors (Lipinski definition) is 1. The van der Waals surface area contributed by atoms with Crippen molar-refractivity contribution in [1.82, 2.24) is 0 Å². The van der Waals surface area contributed by atoms with E-state index in [0.29, 0.717) is 0 Å². The molecule has 0 fully saturated rings. The van der Waals surface area contributed by atoms with Gasteiger partial charge in [-0.05, 0) is 58.3 Å². The third-order valence-corrected chi connectivity index (χ3v) is 5.47. The zero-order chi connectivity index (χ0) is 13.4. The lowest BCUT2D eigenvalue weighted by molar-refractivity contribution is 0.282. The molecule has 2 aromatic carbocycles. The average molecular weight is 380 g/mol.